The molecule has 1 aliphatic heterocycles. The SMILES string of the molecule is COc1ccc([C@@H](C)NCC(=O)N2CCc3ccccc32)cc1Br. The Morgan fingerprint density at radius 3 is 2.88 bits per heavy atom. The molecule has 5 heteroatoms. The minimum Gasteiger partial charge on any atom is -0.496 e. The number of fused-ring (bicyclic) bond motifs is 1. The summed E-state index contributed by atoms with van der Waals surface area (Å²) in [6.07, 6.45) is 0.933. The summed E-state index contributed by atoms with van der Waals surface area (Å²) in [4.78, 5) is 14.4. The van der Waals surface area contributed by atoms with Crippen molar-refractivity contribution in [2.75, 3.05) is 25.1 Å². The number of anilines is 1. The van der Waals surface area contributed by atoms with Crippen molar-refractivity contribution >= 4 is 27.5 Å². The molecule has 0 bridgehead atoms. The fourth-order valence-corrected chi connectivity index (χ4v) is 3.56. The first-order valence-electron chi connectivity index (χ1n) is 8.05. The largest absolute Gasteiger partial charge is 0.496 e. The van der Waals surface area contributed by atoms with Crippen LogP contribution in [-0.4, -0.2) is 26.1 Å². The number of carbonyl (C=O) groups is 1. The minimum atomic E-state index is 0.0778. The van der Waals surface area contributed by atoms with Crippen molar-refractivity contribution in [3.8, 4) is 5.75 Å². The van der Waals surface area contributed by atoms with Crippen molar-refractivity contribution in [3.63, 3.8) is 0 Å². The van der Waals surface area contributed by atoms with Crippen molar-refractivity contribution in [1.82, 2.24) is 5.32 Å². The third kappa shape index (κ3) is 3.47. The maximum Gasteiger partial charge on any atom is 0.240 e. The smallest absolute Gasteiger partial charge is 0.240 e. The molecule has 0 aliphatic carbocycles. The predicted molar refractivity (Wildman–Crippen MR) is 99.6 cm³/mol. The maximum absolute atomic E-state index is 12.5. The van der Waals surface area contributed by atoms with E-state index >= 15 is 0 Å². The van der Waals surface area contributed by atoms with Crippen LogP contribution in [0, 0.1) is 0 Å². The molecule has 1 N–H and O–H groups in total. The second kappa shape index (κ2) is 7.36. The van der Waals surface area contributed by atoms with E-state index in [1.54, 1.807) is 7.11 Å². The van der Waals surface area contributed by atoms with E-state index in [9.17, 15) is 4.79 Å². The number of nitrogens with zero attached hydrogens (tertiary/aromatic N) is 1. The molecule has 0 saturated heterocycles. The van der Waals surface area contributed by atoms with Crippen LogP contribution in [0.15, 0.2) is 46.9 Å². The zero-order chi connectivity index (χ0) is 17.1. The van der Waals surface area contributed by atoms with Gasteiger partial charge in [-0.25, -0.2) is 0 Å². The maximum atomic E-state index is 12.5. The van der Waals surface area contributed by atoms with Gasteiger partial charge in [0.15, 0.2) is 0 Å². The molecule has 0 unspecified atom stereocenters. The van der Waals surface area contributed by atoms with E-state index in [-0.39, 0.29) is 11.9 Å². The molecule has 3 rings (SSSR count). The Hall–Kier alpha value is -1.85. The number of nitrogens with one attached hydrogen (secondary N) is 1. The van der Waals surface area contributed by atoms with Crippen molar-refractivity contribution < 1.29 is 9.53 Å². The number of ether oxygens (including phenoxy) is 1. The van der Waals surface area contributed by atoms with Gasteiger partial charge >= 0.3 is 0 Å². The summed E-state index contributed by atoms with van der Waals surface area (Å²) in [5, 5.41) is 3.32. The number of halogens is 1. The number of carbonyl (C=O) groups excluding carboxylic acids is 1. The van der Waals surface area contributed by atoms with E-state index < -0.39 is 0 Å². The Morgan fingerprint density at radius 1 is 1.33 bits per heavy atom. The van der Waals surface area contributed by atoms with Gasteiger partial charge in [0, 0.05) is 18.3 Å². The van der Waals surface area contributed by atoms with E-state index in [1.807, 2.05) is 41.3 Å². The summed E-state index contributed by atoms with van der Waals surface area (Å²) < 4.78 is 6.16. The highest BCUT2D eigenvalue weighted by Crippen LogP contribution is 2.29. The molecule has 1 aliphatic rings. The summed E-state index contributed by atoms with van der Waals surface area (Å²) in [6, 6.07) is 14.1. The zero-order valence-electron chi connectivity index (χ0n) is 13.9. The number of amides is 1. The quantitative estimate of drug-likeness (QED) is 0.848. The van der Waals surface area contributed by atoms with Crippen LogP contribution in [0.4, 0.5) is 5.69 Å². The topological polar surface area (TPSA) is 41.6 Å². The number of rotatable bonds is 5. The second-order valence-electron chi connectivity index (χ2n) is 5.92. The first-order chi connectivity index (χ1) is 11.6. The van der Waals surface area contributed by atoms with Crippen LogP contribution in [0.25, 0.3) is 0 Å². The van der Waals surface area contributed by atoms with Gasteiger partial charge in [0.2, 0.25) is 5.91 Å². The lowest BCUT2D eigenvalue weighted by molar-refractivity contribution is -0.117. The van der Waals surface area contributed by atoms with E-state index in [1.165, 1.54) is 5.56 Å². The standard InChI is InChI=1S/C19H21BrN2O2/c1-13(15-7-8-18(24-2)16(20)11-15)21-12-19(23)22-10-9-14-5-3-4-6-17(14)22/h3-8,11,13,21H,9-10,12H2,1-2H3/t13-/m1/s1. The number of para-hydroxylation sites is 1. The monoisotopic (exact) mass is 388 g/mol. The fraction of sp³-hybridized carbons (Fsp3) is 0.316. The van der Waals surface area contributed by atoms with Gasteiger partial charge in [0.25, 0.3) is 0 Å². The van der Waals surface area contributed by atoms with Gasteiger partial charge in [-0.2, -0.15) is 0 Å². The number of benzene rings is 2. The van der Waals surface area contributed by atoms with Crippen LogP contribution < -0.4 is 15.0 Å². The molecule has 0 saturated carbocycles. The Labute approximate surface area is 150 Å². The molecular formula is C19H21BrN2O2. The normalized spacial score (nSPS) is 14.4. The van der Waals surface area contributed by atoms with Gasteiger partial charge in [-0.05, 0) is 58.6 Å². The summed E-state index contributed by atoms with van der Waals surface area (Å²) in [5.74, 6) is 0.912. The molecule has 0 radical (unpaired) electrons. The molecule has 0 spiro atoms. The molecule has 4 nitrogen and oxygen atoms in total. The predicted octanol–water partition coefficient (Wildman–Crippen LogP) is 3.70. The van der Waals surface area contributed by atoms with Crippen LogP contribution in [0.1, 0.15) is 24.1 Å². The van der Waals surface area contributed by atoms with Crippen LogP contribution in [0.5, 0.6) is 5.75 Å². The molecule has 2 aromatic carbocycles. The molecule has 2 aromatic rings. The van der Waals surface area contributed by atoms with E-state index in [2.05, 4.69) is 34.2 Å². The fourth-order valence-electron chi connectivity index (χ4n) is 3.00. The number of methoxy groups -OCH3 is 1. The van der Waals surface area contributed by atoms with Crippen LogP contribution >= 0.6 is 15.9 Å². The van der Waals surface area contributed by atoms with E-state index in [0.29, 0.717) is 6.54 Å². The van der Waals surface area contributed by atoms with Gasteiger partial charge in [0.1, 0.15) is 5.75 Å². The highest BCUT2D eigenvalue weighted by Gasteiger charge is 2.24. The van der Waals surface area contributed by atoms with Crippen molar-refractivity contribution in [1.29, 1.82) is 0 Å². The summed E-state index contributed by atoms with van der Waals surface area (Å²) in [7, 11) is 1.65. The second-order valence-corrected chi connectivity index (χ2v) is 6.77. The molecule has 0 aromatic heterocycles. The van der Waals surface area contributed by atoms with Crippen molar-refractivity contribution in [2.24, 2.45) is 0 Å². The molecular weight excluding hydrogens is 368 g/mol. The highest BCUT2D eigenvalue weighted by molar-refractivity contribution is 9.10. The van der Waals surface area contributed by atoms with Gasteiger partial charge < -0.3 is 15.0 Å². The van der Waals surface area contributed by atoms with Gasteiger partial charge in [-0.1, -0.05) is 24.3 Å². The third-order valence-electron chi connectivity index (χ3n) is 4.42. The lowest BCUT2D eigenvalue weighted by atomic mass is 10.1. The minimum absolute atomic E-state index is 0.0778. The molecule has 0 fully saturated rings. The number of hydrogen-bond acceptors (Lipinski definition) is 3. The van der Waals surface area contributed by atoms with Gasteiger partial charge in [-0.15, -0.1) is 0 Å². The Kier molecular flexibility index (Phi) is 5.21. The van der Waals surface area contributed by atoms with Crippen molar-refractivity contribution in [2.45, 2.75) is 19.4 Å². The van der Waals surface area contributed by atoms with Crippen LogP contribution in [0.2, 0.25) is 0 Å². The lowest BCUT2D eigenvalue weighted by Crippen LogP contribution is -2.38. The average Bonchev–Trinajstić information content (AvgIpc) is 3.03. The lowest BCUT2D eigenvalue weighted by Gasteiger charge is -2.20. The molecule has 1 heterocycles. The molecule has 126 valence electrons. The number of hydrogen-bond donors (Lipinski definition) is 1. The van der Waals surface area contributed by atoms with Crippen molar-refractivity contribution in [3.05, 3.63) is 58.1 Å². The molecule has 1 atom stereocenters. The average molecular weight is 389 g/mol. The summed E-state index contributed by atoms with van der Waals surface area (Å²) in [6.45, 7) is 3.14. The highest BCUT2D eigenvalue weighted by atomic mass is 79.9. The van der Waals surface area contributed by atoms with Crippen LogP contribution in [0.3, 0.4) is 0 Å². The summed E-state index contributed by atoms with van der Waals surface area (Å²) >= 11 is 3.50. The first kappa shape index (κ1) is 17.0. The van der Waals surface area contributed by atoms with Gasteiger partial charge in [0.05, 0.1) is 18.1 Å². The third-order valence-corrected chi connectivity index (χ3v) is 5.04. The Bertz CT molecular complexity index is 748. The molecule has 24 heavy (non-hydrogen) atoms. The zero-order valence-corrected chi connectivity index (χ0v) is 15.5. The summed E-state index contributed by atoms with van der Waals surface area (Å²) in [5.41, 5.74) is 3.40. The van der Waals surface area contributed by atoms with Crippen LogP contribution in [-0.2, 0) is 11.2 Å². The van der Waals surface area contributed by atoms with E-state index in [4.69, 9.17) is 4.74 Å². The Balaban J connectivity index is 1.61. The Morgan fingerprint density at radius 2 is 2.12 bits per heavy atom. The van der Waals surface area contributed by atoms with E-state index in [0.717, 1.165) is 34.4 Å². The molecule has 1 amide bonds. The first-order valence-corrected chi connectivity index (χ1v) is 8.84. The van der Waals surface area contributed by atoms with Gasteiger partial charge in [-0.3, -0.25) is 4.79 Å².